The Hall–Kier alpha value is -3.99. The molecule has 3 amide bonds. The van der Waals surface area contributed by atoms with Gasteiger partial charge in [-0.2, -0.15) is 0 Å². The first-order chi connectivity index (χ1) is 18.3. The molecule has 200 valence electrons. The zero-order valence-corrected chi connectivity index (χ0v) is 21.9. The number of carbonyl (C=O) groups excluding carboxylic acids is 3. The second-order valence-electron chi connectivity index (χ2n) is 7.94. The standard InChI is InChI=1S/C21H23N9O6S2/c1-3-7-36-26-14(12-5-4-6-13(23-12)22-10-31)17(32)24-15-18(33)30-16(20(34)35)11(8-37-19(15)30)9-38-21-25-27-28-29(21)2/h4-6,10,15,19H,3,7-9H2,1-2H3,(H,24,32)(H,34,35)(H,22,23,31)/b26-14-/t15?,19-/m1/s1. The number of rotatable bonds is 12. The number of carboxylic acids is 1. The van der Waals surface area contributed by atoms with Gasteiger partial charge in [-0.15, -0.1) is 16.9 Å². The minimum absolute atomic E-state index is 0.110. The van der Waals surface area contributed by atoms with Crippen LogP contribution in [-0.2, 0) is 31.1 Å². The third kappa shape index (κ3) is 5.62. The lowest BCUT2D eigenvalue weighted by molar-refractivity contribution is -0.150. The van der Waals surface area contributed by atoms with Crippen molar-refractivity contribution in [1.82, 2.24) is 35.4 Å². The Morgan fingerprint density at radius 3 is 2.89 bits per heavy atom. The fourth-order valence-electron chi connectivity index (χ4n) is 3.61. The summed E-state index contributed by atoms with van der Waals surface area (Å²) in [6.07, 6.45) is 1.09. The zero-order chi connectivity index (χ0) is 27.2. The highest BCUT2D eigenvalue weighted by molar-refractivity contribution is 8.01. The van der Waals surface area contributed by atoms with Crippen molar-refractivity contribution in [1.29, 1.82) is 0 Å². The fraction of sp³-hybridized carbons (Fsp3) is 0.381. The number of anilines is 1. The number of fused-ring (bicyclic) bond motifs is 1. The maximum Gasteiger partial charge on any atom is 0.352 e. The number of carbonyl (C=O) groups is 4. The van der Waals surface area contributed by atoms with Crippen LogP contribution in [0.1, 0.15) is 19.0 Å². The molecular formula is C21H23N9O6S2. The van der Waals surface area contributed by atoms with Gasteiger partial charge in [0.05, 0.1) is 0 Å². The Bertz CT molecular complexity index is 1310. The number of tetrazole rings is 1. The first-order valence-electron chi connectivity index (χ1n) is 11.3. The number of pyridine rings is 1. The fourth-order valence-corrected chi connectivity index (χ4v) is 5.95. The van der Waals surface area contributed by atoms with Gasteiger partial charge in [0.25, 0.3) is 11.8 Å². The van der Waals surface area contributed by atoms with Crippen LogP contribution >= 0.6 is 23.5 Å². The van der Waals surface area contributed by atoms with Crippen LogP contribution in [0.3, 0.4) is 0 Å². The summed E-state index contributed by atoms with van der Waals surface area (Å²) in [4.78, 5) is 59.7. The van der Waals surface area contributed by atoms with Gasteiger partial charge in [0.1, 0.15) is 35.2 Å². The van der Waals surface area contributed by atoms with Gasteiger partial charge in [-0.1, -0.05) is 29.9 Å². The van der Waals surface area contributed by atoms with Crippen LogP contribution in [0, 0.1) is 0 Å². The molecule has 3 N–H and O–H groups in total. The van der Waals surface area contributed by atoms with E-state index in [1.54, 1.807) is 13.1 Å². The number of β-lactam (4-membered cyclic amide) rings is 1. The minimum atomic E-state index is -1.24. The van der Waals surface area contributed by atoms with E-state index >= 15 is 0 Å². The third-order valence-corrected chi connectivity index (χ3v) is 7.79. The molecule has 17 heteroatoms. The molecule has 0 bridgehead atoms. The lowest BCUT2D eigenvalue weighted by Gasteiger charge is -2.49. The first-order valence-corrected chi connectivity index (χ1v) is 13.3. The van der Waals surface area contributed by atoms with E-state index < -0.39 is 29.2 Å². The molecule has 4 heterocycles. The first kappa shape index (κ1) is 27.1. The molecular weight excluding hydrogens is 538 g/mol. The Kier molecular flexibility index (Phi) is 8.57. The average Bonchev–Trinajstić information content (AvgIpc) is 3.32. The topological polar surface area (TPSA) is 194 Å². The lowest BCUT2D eigenvalue weighted by atomic mass is 10.0. The van der Waals surface area contributed by atoms with Gasteiger partial charge >= 0.3 is 5.97 Å². The van der Waals surface area contributed by atoms with E-state index in [0.29, 0.717) is 29.3 Å². The number of hydrogen-bond acceptors (Lipinski definition) is 12. The Morgan fingerprint density at radius 1 is 1.39 bits per heavy atom. The Balaban J connectivity index is 1.51. The van der Waals surface area contributed by atoms with Crippen molar-refractivity contribution in [2.75, 3.05) is 23.4 Å². The number of aromatic nitrogens is 5. The molecule has 0 radical (unpaired) electrons. The van der Waals surface area contributed by atoms with Crippen LogP contribution in [0.4, 0.5) is 5.82 Å². The van der Waals surface area contributed by atoms with Crippen molar-refractivity contribution in [3.05, 3.63) is 35.2 Å². The number of amides is 3. The summed E-state index contributed by atoms with van der Waals surface area (Å²) in [5, 5.41) is 29.9. The van der Waals surface area contributed by atoms with Crippen molar-refractivity contribution in [2.45, 2.75) is 29.9 Å². The van der Waals surface area contributed by atoms with Crippen LogP contribution in [-0.4, -0.2) is 94.6 Å². The molecule has 2 aromatic rings. The van der Waals surface area contributed by atoms with Crippen molar-refractivity contribution >= 4 is 59.2 Å². The molecule has 1 saturated heterocycles. The van der Waals surface area contributed by atoms with Crippen LogP contribution in [0.5, 0.6) is 0 Å². The largest absolute Gasteiger partial charge is 0.477 e. The molecule has 2 aromatic heterocycles. The smallest absolute Gasteiger partial charge is 0.352 e. The summed E-state index contributed by atoms with van der Waals surface area (Å²) in [7, 11) is 1.67. The van der Waals surface area contributed by atoms with E-state index in [0.717, 1.165) is 0 Å². The molecule has 1 unspecified atom stereocenters. The molecule has 0 aliphatic carbocycles. The number of nitrogens with one attached hydrogen (secondary N) is 2. The lowest BCUT2D eigenvalue weighted by Crippen LogP contribution is -2.71. The Morgan fingerprint density at radius 2 is 2.21 bits per heavy atom. The molecule has 0 aromatic carbocycles. The second kappa shape index (κ2) is 12.0. The predicted molar refractivity (Wildman–Crippen MR) is 136 cm³/mol. The molecule has 4 rings (SSSR count). The SMILES string of the molecule is CCCO/N=C(\C(=O)NC1C(=O)N2C(C(=O)O)=C(CSc3nnnn3C)CS[C@H]12)c1cccc(NC=O)n1. The summed E-state index contributed by atoms with van der Waals surface area (Å²) < 4.78 is 1.47. The van der Waals surface area contributed by atoms with Gasteiger partial charge in [-0.05, 0) is 34.6 Å². The van der Waals surface area contributed by atoms with Crippen molar-refractivity contribution in [2.24, 2.45) is 12.2 Å². The maximum absolute atomic E-state index is 13.2. The molecule has 2 aliphatic rings. The van der Waals surface area contributed by atoms with Gasteiger partial charge in [0.2, 0.25) is 11.6 Å². The number of carboxylic acid groups (broad SMARTS) is 1. The van der Waals surface area contributed by atoms with Gasteiger partial charge in [-0.25, -0.2) is 14.5 Å². The number of aliphatic carboxylic acids is 1. The highest BCUT2D eigenvalue weighted by Gasteiger charge is 2.54. The molecule has 2 aliphatic heterocycles. The van der Waals surface area contributed by atoms with Crippen LogP contribution in [0.25, 0.3) is 0 Å². The summed E-state index contributed by atoms with van der Waals surface area (Å²) in [5.41, 5.74) is 0.364. The summed E-state index contributed by atoms with van der Waals surface area (Å²) in [6.45, 7) is 2.12. The zero-order valence-electron chi connectivity index (χ0n) is 20.2. The van der Waals surface area contributed by atoms with Gasteiger partial charge in [0, 0.05) is 18.6 Å². The summed E-state index contributed by atoms with van der Waals surface area (Å²) in [5.74, 6) is -1.72. The number of thioether (sulfide) groups is 2. The number of nitrogens with zero attached hydrogens (tertiary/aromatic N) is 7. The number of aryl methyl sites for hydroxylation is 1. The number of hydrogen-bond donors (Lipinski definition) is 3. The van der Waals surface area contributed by atoms with Gasteiger partial charge in [-0.3, -0.25) is 19.3 Å². The van der Waals surface area contributed by atoms with E-state index in [2.05, 4.69) is 36.3 Å². The summed E-state index contributed by atoms with van der Waals surface area (Å²) in [6, 6.07) is 3.63. The third-order valence-electron chi connectivity index (χ3n) is 5.36. The highest BCUT2D eigenvalue weighted by atomic mass is 32.2. The molecule has 0 saturated carbocycles. The molecule has 2 atom stereocenters. The minimum Gasteiger partial charge on any atom is -0.477 e. The van der Waals surface area contributed by atoms with Crippen LogP contribution < -0.4 is 10.6 Å². The van der Waals surface area contributed by atoms with Crippen molar-refractivity contribution in [3.63, 3.8) is 0 Å². The van der Waals surface area contributed by atoms with Gasteiger partial charge < -0.3 is 20.6 Å². The maximum atomic E-state index is 13.2. The van der Waals surface area contributed by atoms with Crippen LogP contribution in [0.2, 0.25) is 0 Å². The van der Waals surface area contributed by atoms with Crippen molar-refractivity contribution in [3.8, 4) is 0 Å². The average molecular weight is 562 g/mol. The normalized spacial score (nSPS) is 18.9. The molecule has 38 heavy (non-hydrogen) atoms. The van der Waals surface area contributed by atoms with E-state index in [1.165, 1.54) is 45.2 Å². The molecule has 0 spiro atoms. The second-order valence-corrected chi connectivity index (χ2v) is 9.98. The van der Waals surface area contributed by atoms with E-state index in [4.69, 9.17) is 4.84 Å². The molecule has 15 nitrogen and oxygen atoms in total. The molecule has 1 fully saturated rings. The number of oxime groups is 1. The van der Waals surface area contributed by atoms with E-state index in [9.17, 15) is 24.3 Å². The van der Waals surface area contributed by atoms with Crippen LogP contribution in [0.15, 0.2) is 39.8 Å². The highest BCUT2D eigenvalue weighted by Crippen LogP contribution is 2.41. The van der Waals surface area contributed by atoms with Gasteiger partial charge in [0.15, 0.2) is 5.71 Å². The monoisotopic (exact) mass is 561 g/mol. The van der Waals surface area contributed by atoms with E-state index in [1.807, 2.05) is 6.92 Å². The summed E-state index contributed by atoms with van der Waals surface area (Å²) >= 11 is 2.60. The van der Waals surface area contributed by atoms with Crippen molar-refractivity contribution < 1.29 is 29.1 Å². The van der Waals surface area contributed by atoms with E-state index in [-0.39, 0.29) is 35.3 Å². The quantitative estimate of drug-likeness (QED) is 0.0775. The Labute approximate surface area is 224 Å². The predicted octanol–water partition coefficient (Wildman–Crippen LogP) is -0.165.